The third-order valence-electron chi connectivity index (χ3n) is 3.03. The Morgan fingerprint density at radius 2 is 2.12 bits per heavy atom. The molecule has 0 aromatic heterocycles. The normalized spacial score (nSPS) is 21.1. The SMILES string of the molecule is COC(=O)C(Br)CN(C)CC1(O)CCCC1. The zero-order chi connectivity index (χ0) is 12.2. The predicted octanol–water partition coefficient (Wildman–Crippen LogP) is 1.16. The van der Waals surface area contributed by atoms with Gasteiger partial charge < -0.3 is 14.7 Å². The average molecular weight is 294 g/mol. The van der Waals surface area contributed by atoms with E-state index in [1.165, 1.54) is 7.11 Å². The summed E-state index contributed by atoms with van der Waals surface area (Å²) in [5, 5.41) is 10.2. The van der Waals surface area contributed by atoms with Crippen LogP contribution in [0.3, 0.4) is 0 Å². The molecule has 0 aromatic carbocycles. The van der Waals surface area contributed by atoms with Crippen molar-refractivity contribution in [3.63, 3.8) is 0 Å². The van der Waals surface area contributed by atoms with Gasteiger partial charge in [0.15, 0.2) is 0 Å². The van der Waals surface area contributed by atoms with Gasteiger partial charge in [-0.15, -0.1) is 0 Å². The van der Waals surface area contributed by atoms with E-state index in [1.807, 2.05) is 11.9 Å². The highest BCUT2D eigenvalue weighted by atomic mass is 79.9. The molecule has 1 aliphatic rings. The van der Waals surface area contributed by atoms with Crippen LogP contribution in [0.5, 0.6) is 0 Å². The highest BCUT2D eigenvalue weighted by molar-refractivity contribution is 9.10. The van der Waals surface area contributed by atoms with Crippen molar-refractivity contribution in [1.82, 2.24) is 4.90 Å². The Bertz CT molecular complexity index is 241. The highest BCUT2D eigenvalue weighted by Crippen LogP contribution is 2.30. The number of esters is 1. The summed E-state index contributed by atoms with van der Waals surface area (Å²) in [5.74, 6) is -0.273. The number of hydrogen-bond acceptors (Lipinski definition) is 4. The maximum atomic E-state index is 11.2. The molecule has 1 aliphatic carbocycles. The molecule has 0 spiro atoms. The summed E-state index contributed by atoms with van der Waals surface area (Å²) >= 11 is 3.27. The Hall–Kier alpha value is -0.130. The van der Waals surface area contributed by atoms with Crippen LogP contribution in [0.25, 0.3) is 0 Å². The van der Waals surface area contributed by atoms with Gasteiger partial charge in [0.05, 0.1) is 12.7 Å². The first kappa shape index (κ1) is 13.9. The molecule has 0 amide bonds. The van der Waals surface area contributed by atoms with Crippen LogP contribution in [0.1, 0.15) is 25.7 Å². The van der Waals surface area contributed by atoms with E-state index in [-0.39, 0.29) is 10.8 Å². The molecule has 1 fully saturated rings. The molecule has 1 unspecified atom stereocenters. The van der Waals surface area contributed by atoms with E-state index in [1.54, 1.807) is 0 Å². The maximum Gasteiger partial charge on any atom is 0.320 e. The minimum absolute atomic E-state index is 0.273. The van der Waals surface area contributed by atoms with E-state index in [0.717, 1.165) is 25.7 Å². The lowest BCUT2D eigenvalue weighted by molar-refractivity contribution is -0.140. The Morgan fingerprint density at radius 1 is 1.56 bits per heavy atom. The van der Waals surface area contributed by atoms with Crippen LogP contribution in [0.4, 0.5) is 0 Å². The van der Waals surface area contributed by atoms with Crippen molar-refractivity contribution < 1.29 is 14.6 Å². The summed E-state index contributed by atoms with van der Waals surface area (Å²) in [6.07, 6.45) is 3.92. The summed E-state index contributed by atoms with van der Waals surface area (Å²) in [7, 11) is 3.29. The summed E-state index contributed by atoms with van der Waals surface area (Å²) in [6, 6.07) is 0. The second-order valence-electron chi connectivity index (χ2n) is 4.62. The highest BCUT2D eigenvalue weighted by Gasteiger charge is 2.32. The predicted molar refractivity (Wildman–Crippen MR) is 65.6 cm³/mol. The summed E-state index contributed by atoms with van der Waals surface area (Å²) in [4.78, 5) is 12.9. The number of ether oxygens (including phenoxy) is 1. The second kappa shape index (κ2) is 5.98. The molecular weight excluding hydrogens is 274 g/mol. The molecule has 1 rings (SSSR count). The first-order valence-corrected chi connectivity index (χ1v) is 6.51. The lowest BCUT2D eigenvalue weighted by Gasteiger charge is -2.29. The molecule has 1 atom stereocenters. The third-order valence-corrected chi connectivity index (χ3v) is 3.69. The van der Waals surface area contributed by atoms with Crippen molar-refractivity contribution in [3.05, 3.63) is 0 Å². The number of likely N-dealkylation sites (N-methyl/N-ethyl adjacent to an activating group) is 1. The Labute approximate surface area is 105 Å². The number of carbonyl (C=O) groups is 1. The van der Waals surface area contributed by atoms with Crippen LogP contribution in [-0.2, 0) is 9.53 Å². The van der Waals surface area contributed by atoms with E-state index in [0.29, 0.717) is 13.1 Å². The molecule has 0 radical (unpaired) electrons. The quantitative estimate of drug-likeness (QED) is 0.610. The number of hydrogen-bond donors (Lipinski definition) is 1. The Balaban J connectivity index is 2.35. The van der Waals surface area contributed by atoms with Gasteiger partial charge >= 0.3 is 5.97 Å². The van der Waals surface area contributed by atoms with Crippen molar-refractivity contribution in [1.29, 1.82) is 0 Å². The number of aliphatic hydroxyl groups is 1. The lowest BCUT2D eigenvalue weighted by Crippen LogP contribution is -2.42. The first-order chi connectivity index (χ1) is 7.47. The van der Waals surface area contributed by atoms with Gasteiger partial charge in [0.25, 0.3) is 0 Å². The fourth-order valence-electron chi connectivity index (χ4n) is 2.23. The molecule has 4 nitrogen and oxygen atoms in total. The van der Waals surface area contributed by atoms with Gasteiger partial charge in [-0.25, -0.2) is 0 Å². The first-order valence-electron chi connectivity index (χ1n) is 5.60. The lowest BCUT2D eigenvalue weighted by atomic mass is 10.0. The fourth-order valence-corrected chi connectivity index (χ4v) is 2.92. The minimum Gasteiger partial charge on any atom is -0.468 e. The number of alkyl halides is 1. The molecule has 5 heteroatoms. The largest absolute Gasteiger partial charge is 0.468 e. The summed E-state index contributed by atoms with van der Waals surface area (Å²) < 4.78 is 4.63. The molecule has 1 N–H and O–H groups in total. The van der Waals surface area contributed by atoms with Gasteiger partial charge in [-0.2, -0.15) is 0 Å². The van der Waals surface area contributed by atoms with Crippen LogP contribution in [-0.4, -0.2) is 53.7 Å². The third kappa shape index (κ3) is 4.03. The maximum absolute atomic E-state index is 11.2. The van der Waals surface area contributed by atoms with Gasteiger partial charge in [0.1, 0.15) is 4.83 Å². The summed E-state index contributed by atoms with van der Waals surface area (Å²) in [5.41, 5.74) is -0.558. The monoisotopic (exact) mass is 293 g/mol. The van der Waals surface area contributed by atoms with Crippen LogP contribution in [0, 0.1) is 0 Å². The zero-order valence-electron chi connectivity index (χ0n) is 9.91. The van der Waals surface area contributed by atoms with Gasteiger partial charge in [0.2, 0.25) is 0 Å². The molecule has 16 heavy (non-hydrogen) atoms. The fraction of sp³-hybridized carbons (Fsp3) is 0.909. The smallest absolute Gasteiger partial charge is 0.320 e. The van der Waals surface area contributed by atoms with Crippen molar-refractivity contribution in [2.75, 3.05) is 27.2 Å². The van der Waals surface area contributed by atoms with Gasteiger partial charge in [-0.3, -0.25) is 4.79 Å². The molecule has 0 saturated heterocycles. The summed E-state index contributed by atoms with van der Waals surface area (Å²) in [6.45, 7) is 1.17. The van der Waals surface area contributed by atoms with E-state index in [2.05, 4.69) is 20.7 Å². The molecular formula is C11H20BrNO3. The second-order valence-corrected chi connectivity index (χ2v) is 5.72. The number of methoxy groups -OCH3 is 1. The van der Waals surface area contributed by atoms with E-state index in [9.17, 15) is 9.90 Å². The molecule has 0 bridgehead atoms. The molecule has 0 aliphatic heterocycles. The zero-order valence-corrected chi connectivity index (χ0v) is 11.5. The number of rotatable bonds is 5. The number of halogens is 1. The van der Waals surface area contributed by atoms with Crippen molar-refractivity contribution >= 4 is 21.9 Å². The van der Waals surface area contributed by atoms with Crippen LogP contribution in [0.2, 0.25) is 0 Å². The van der Waals surface area contributed by atoms with Crippen LogP contribution >= 0.6 is 15.9 Å². The molecule has 1 saturated carbocycles. The Morgan fingerprint density at radius 3 is 2.62 bits per heavy atom. The minimum atomic E-state index is -0.558. The van der Waals surface area contributed by atoms with Gasteiger partial charge in [-0.1, -0.05) is 28.8 Å². The van der Waals surface area contributed by atoms with Crippen molar-refractivity contribution in [3.8, 4) is 0 Å². The molecule has 0 aromatic rings. The number of nitrogens with zero attached hydrogens (tertiary/aromatic N) is 1. The van der Waals surface area contributed by atoms with Crippen LogP contribution in [0.15, 0.2) is 0 Å². The van der Waals surface area contributed by atoms with Crippen molar-refractivity contribution in [2.45, 2.75) is 36.1 Å². The molecule has 0 heterocycles. The van der Waals surface area contributed by atoms with E-state index >= 15 is 0 Å². The molecule has 94 valence electrons. The van der Waals surface area contributed by atoms with Crippen LogP contribution < -0.4 is 0 Å². The van der Waals surface area contributed by atoms with Crippen molar-refractivity contribution in [2.24, 2.45) is 0 Å². The van der Waals surface area contributed by atoms with E-state index in [4.69, 9.17) is 0 Å². The average Bonchev–Trinajstić information content (AvgIpc) is 2.62. The number of carbonyl (C=O) groups excluding carboxylic acids is 1. The standard InChI is InChI=1S/C11H20BrNO3/c1-13(7-9(12)10(14)16-2)8-11(15)5-3-4-6-11/h9,15H,3-8H2,1-2H3. The van der Waals surface area contributed by atoms with Gasteiger partial charge in [-0.05, 0) is 19.9 Å². The topological polar surface area (TPSA) is 49.8 Å². The Kier molecular flexibility index (Phi) is 5.21. The van der Waals surface area contributed by atoms with Gasteiger partial charge in [0, 0.05) is 13.1 Å². The van der Waals surface area contributed by atoms with E-state index < -0.39 is 5.60 Å².